The van der Waals surface area contributed by atoms with Gasteiger partial charge in [-0.3, -0.25) is 0 Å². The van der Waals surface area contributed by atoms with Crippen LogP contribution in [-0.4, -0.2) is 6.54 Å². The van der Waals surface area contributed by atoms with E-state index in [0.29, 0.717) is 5.92 Å². The van der Waals surface area contributed by atoms with Crippen molar-refractivity contribution in [2.75, 3.05) is 6.54 Å². The lowest BCUT2D eigenvalue weighted by Crippen LogP contribution is -2.26. The van der Waals surface area contributed by atoms with Crippen molar-refractivity contribution in [3.05, 3.63) is 35.4 Å². The number of hydrogen-bond acceptors (Lipinski definition) is 1. The van der Waals surface area contributed by atoms with Crippen molar-refractivity contribution in [1.29, 1.82) is 0 Å². The quantitative estimate of drug-likeness (QED) is 0.645. The molecule has 1 atom stereocenters. The fraction of sp³-hybridized carbons (Fsp3) is 0.500. The zero-order chi connectivity index (χ0) is 9.68. The molecule has 1 nitrogen and oxygen atoms in total. The van der Waals surface area contributed by atoms with E-state index in [-0.39, 0.29) is 1.43 Å². The van der Waals surface area contributed by atoms with Crippen molar-refractivity contribution in [2.24, 2.45) is 0 Å². The fourth-order valence-electron chi connectivity index (χ4n) is 1.71. The second-order valence-electron chi connectivity index (χ2n) is 3.23. The van der Waals surface area contributed by atoms with Crippen LogP contribution in [0.5, 0.6) is 0 Å². The maximum absolute atomic E-state index is 3.39. The summed E-state index contributed by atoms with van der Waals surface area (Å²) in [6.45, 7) is 8.43. The third-order valence-corrected chi connectivity index (χ3v) is 2.35. The van der Waals surface area contributed by atoms with Gasteiger partial charge < -0.3 is 5.32 Å². The van der Waals surface area contributed by atoms with Crippen molar-refractivity contribution >= 4 is 0 Å². The Morgan fingerprint density at radius 3 is 2.69 bits per heavy atom. The van der Waals surface area contributed by atoms with E-state index in [1.807, 2.05) is 13.8 Å². The Bertz CT molecular complexity index is 260. The predicted octanol–water partition coefficient (Wildman–Crippen LogP) is 3.17. The summed E-state index contributed by atoms with van der Waals surface area (Å²) >= 11 is 0. The maximum Gasteiger partial charge on any atom is 0.0208 e. The van der Waals surface area contributed by atoms with Crippen LogP contribution >= 0.6 is 0 Å². The predicted molar refractivity (Wildman–Crippen MR) is 60.0 cm³/mol. The molecule has 0 spiro atoms. The fourth-order valence-corrected chi connectivity index (χ4v) is 1.71. The van der Waals surface area contributed by atoms with Crippen LogP contribution in [-0.2, 0) is 6.54 Å². The third-order valence-electron chi connectivity index (χ3n) is 2.35. The molecule has 0 aromatic heterocycles. The Labute approximate surface area is 82.7 Å². The molecule has 1 aromatic rings. The smallest absolute Gasteiger partial charge is 0.0208 e. The molecule has 1 N–H and O–H groups in total. The van der Waals surface area contributed by atoms with E-state index < -0.39 is 0 Å². The average molecular weight is 179 g/mol. The molecule has 1 heterocycles. The van der Waals surface area contributed by atoms with Gasteiger partial charge in [0.2, 0.25) is 0 Å². The van der Waals surface area contributed by atoms with E-state index in [0.717, 1.165) is 13.1 Å². The van der Waals surface area contributed by atoms with Crippen LogP contribution in [0.2, 0.25) is 0 Å². The number of nitrogens with one attached hydrogen (secondary N) is 1. The Kier molecular flexibility index (Phi) is 3.97. The van der Waals surface area contributed by atoms with Gasteiger partial charge in [-0.25, -0.2) is 0 Å². The third kappa shape index (κ3) is 2.31. The summed E-state index contributed by atoms with van der Waals surface area (Å²) in [4.78, 5) is 0. The minimum atomic E-state index is 0. The standard InChI is InChI=1S/C10H13N.C2H6.H2/c1-8-6-11-7-9-4-2-3-5-10(8)9;1-2;/h2-5,8,11H,6-7H2,1H3;1-2H3;1H. The highest BCUT2D eigenvalue weighted by molar-refractivity contribution is 5.31. The average Bonchev–Trinajstić information content (AvgIpc) is 2.22. The second kappa shape index (κ2) is 5.03. The normalized spacial score (nSPS) is 19.8. The van der Waals surface area contributed by atoms with Gasteiger partial charge in [0.05, 0.1) is 0 Å². The van der Waals surface area contributed by atoms with Gasteiger partial charge in [-0.15, -0.1) is 0 Å². The number of rotatable bonds is 0. The van der Waals surface area contributed by atoms with Crippen LogP contribution in [0.1, 0.15) is 39.2 Å². The van der Waals surface area contributed by atoms with E-state index in [9.17, 15) is 0 Å². The van der Waals surface area contributed by atoms with E-state index in [2.05, 4.69) is 36.5 Å². The molecule has 1 aliphatic rings. The molecular weight excluding hydrogens is 158 g/mol. The van der Waals surface area contributed by atoms with Crippen LogP contribution in [0, 0.1) is 0 Å². The molecule has 1 aromatic carbocycles. The van der Waals surface area contributed by atoms with E-state index in [4.69, 9.17) is 0 Å². The summed E-state index contributed by atoms with van der Waals surface area (Å²) in [7, 11) is 0. The van der Waals surface area contributed by atoms with Crippen molar-refractivity contribution < 1.29 is 1.43 Å². The van der Waals surface area contributed by atoms with Gasteiger partial charge >= 0.3 is 0 Å². The topological polar surface area (TPSA) is 12.0 Å². The highest BCUT2D eigenvalue weighted by Gasteiger charge is 2.13. The number of benzene rings is 1. The number of hydrogen-bond donors (Lipinski definition) is 1. The summed E-state index contributed by atoms with van der Waals surface area (Å²) in [6, 6.07) is 8.68. The first-order valence-corrected chi connectivity index (χ1v) is 5.16. The van der Waals surface area contributed by atoms with E-state index in [1.165, 1.54) is 11.1 Å². The number of fused-ring (bicyclic) bond motifs is 1. The van der Waals surface area contributed by atoms with Crippen LogP contribution in [0.15, 0.2) is 24.3 Å². The molecule has 1 heteroatoms. The van der Waals surface area contributed by atoms with Gasteiger partial charge in [0, 0.05) is 14.5 Å². The molecule has 0 fully saturated rings. The monoisotopic (exact) mass is 179 g/mol. The molecule has 0 aliphatic carbocycles. The summed E-state index contributed by atoms with van der Waals surface area (Å²) in [5.41, 5.74) is 2.98. The highest BCUT2D eigenvalue weighted by Crippen LogP contribution is 2.22. The molecule has 0 bridgehead atoms. The van der Waals surface area contributed by atoms with Gasteiger partial charge in [0.15, 0.2) is 0 Å². The summed E-state index contributed by atoms with van der Waals surface area (Å²) < 4.78 is 0. The first-order valence-electron chi connectivity index (χ1n) is 5.16. The molecule has 0 saturated heterocycles. The lowest BCUT2D eigenvalue weighted by Gasteiger charge is -2.22. The summed E-state index contributed by atoms with van der Waals surface area (Å²) in [6.07, 6.45) is 0. The van der Waals surface area contributed by atoms with Crippen molar-refractivity contribution in [3.8, 4) is 0 Å². The Morgan fingerprint density at radius 2 is 2.00 bits per heavy atom. The Morgan fingerprint density at radius 1 is 1.31 bits per heavy atom. The van der Waals surface area contributed by atoms with E-state index >= 15 is 0 Å². The zero-order valence-electron chi connectivity index (χ0n) is 8.80. The molecule has 13 heavy (non-hydrogen) atoms. The SMILES string of the molecule is CC.CC1CNCc2ccccc21.[HH]. The van der Waals surface area contributed by atoms with Crippen molar-refractivity contribution in [2.45, 2.75) is 33.2 Å². The highest BCUT2D eigenvalue weighted by atomic mass is 14.9. The first kappa shape index (κ1) is 10.3. The Balaban J connectivity index is 0.000000531. The summed E-state index contributed by atoms with van der Waals surface area (Å²) in [5.74, 6) is 0.681. The molecule has 2 rings (SSSR count). The lowest BCUT2D eigenvalue weighted by atomic mass is 9.93. The molecule has 1 unspecified atom stereocenters. The minimum absolute atomic E-state index is 0. The van der Waals surface area contributed by atoms with Gasteiger partial charge in [0.1, 0.15) is 0 Å². The van der Waals surface area contributed by atoms with E-state index in [1.54, 1.807) is 0 Å². The molecule has 1 aliphatic heterocycles. The van der Waals surface area contributed by atoms with Crippen LogP contribution in [0.25, 0.3) is 0 Å². The van der Waals surface area contributed by atoms with Crippen molar-refractivity contribution in [1.82, 2.24) is 5.32 Å². The second-order valence-corrected chi connectivity index (χ2v) is 3.23. The van der Waals surface area contributed by atoms with Gasteiger partial charge in [0.25, 0.3) is 0 Å². The van der Waals surface area contributed by atoms with Gasteiger partial charge in [-0.1, -0.05) is 45.0 Å². The molecule has 0 radical (unpaired) electrons. The summed E-state index contributed by atoms with van der Waals surface area (Å²) in [5, 5.41) is 3.39. The molecule has 0 amide bonds. The van der Waals surface area contributed by atoms with Gasteiger partial charge in [-0.2, -0.15) is 0 Å². The first-order chi connectivity index (χ1) is 6.38. The van der Waals surface area contributed by atoms with Gasteiger partial charge in [-0.05, 0) is 17.0 Å². The minimum Gasteiger partial charge on any atom is -0.312 e. The van der Waals surface area contributed by atoms with Crippen LogP contribution in [0.3, 0.4) is 0 Å². The molecule has 0 saturated carbocycles. The van der Waals surface area contributed by atoms with Crippen LogP contribution < -0.4 is 5.32 Å². The Hall–Kier alpha value is -0.820. The zero-order valence-corrected chi connectivity index (χ0v) is 8.80. The van der Waals surface area contributed by atoms with Crippen molar-refractivity contribution in [3.63, 3.8) is 0 Å². The largest absolute Gasteiger partial charge is 0.312 e. The lowest BCUT2D eigenvalue weighted by molar-refractivity contribution is 0.571. The van der Waals surface area contributed by atoms with Crippen LogP contribution in [0.4, 0.5) is 0 Å². The maximum atomic E-state index is 3.39. The molecular formula is C12H21N. The molecule has 74 valence electrons.